The number of ether oxygens (including phenoxy) is 1. The molecule has 8 heteroatoms. The summed E-state index contributed by atoms with van der Waals surface area (Å²) in [6.07, 6.45) is 3.59. The van der Waals surface area contributed by atoms with Crippen LogP contribution in [0.5, 0.6) is 5.75 Å². The van der Waals surface area contributed by atoms with Crippen molar-refractivity contribution in [1.29, 1.82) is 0 Å². The molecule has 1 aromatic carbocycles. The molecule has 3 heterocycles. The van der Waals surface area contributed by atoms with Gasteiger partial charge in [0.1, 0.15) is 12.4 Å². The number of benzene rings is 1. The molecule has 0 radical (unpaired) electrons. The Hall–Kier alpha value is -4.17. The molecule has 33 heavy (non-hydrogen) atoms. The highest BCUT2D eigenvalue weighted by Crippen LogP contribution is 2.18. The summed E-state index contributed by atoms with van der Waals surface area (Å²) >= 11 is 0. The maximum Gasteiger partial charge on any atom is 0.269 e. The summed E-state index contributed by atoms with van der Waals surface area (Å²) in [6.45, 7) is 2.23. The molecule has 8 nitrogen and oxygen atoms in total. The largest absolute Gasteiger partial charge is 0.487 e. The number of nitro benzene ring substituents is 1. The van der Waals surface area contributed by atoms with Crippen LogP contribution >= 0.6 is 0 Å². The van der Waals surface area contributed by atoms with Crippen molar-refractivity contribution in [3.8, 4) is 5.75 Å². The quantitative estimate of drug-likeness (QED) is 0.263. The van der Waals surface area contributed by atoms with E-state index in [1.807, 2.05) is 54.6 Å². The molecule has 4 rings (SSSR count). The van der Waals surface area contributed by atoms with Gasteiger partial charge < -0.3 is 4.74 Å². The molecular weight excluding hydrogens is 418 g/mol. The van der Waals surface area contributed by atoms with E-state index in [2.05, 4.69) is 14.9 Å². The fourth-order valence-electron chi connectivity index (χ4n) is 3.36. The van der Waals surface area contributed by atoms with Crippen LogP contribution < -0.4 is 4.74 Å². The number of pyridine rings is 3. The van der Waals surface area contributed by atoms with Crippen molar-refractivity contribution in [3.63, 3.8) is 0 Å². The molecule has 0 fully saturated rings. The molecule has 0 atom stereocenters. The van der Waals surface area contributed by atoms with E-state index in [1.165, 1.54) is 12.1 Å². The first-order chi connectivity index (χ1) is 16.2. The van der Waals surface area contributed by atoms with Crippen molar-refractivity contribution in [2.75, 3.05) is 0 Å². The highest BCUT2D eigenvalue weighted by molar-refractivity contribution is 5.36. The molecule has 0 amide bonds. The number of nitrogens with zero attached hydrogens (tertiary/aromatic N) is 5. The molecule has 0 aliphatic carbocycles. The van der Waals surface area contributed by atoms with Crippen LogP contribution in [0.2, 0.25) is 0 Å². The summed E-state index contributed by atoms with van der Waals surface area (Å²) in [5.74, 6) is 0.555. The Morgan fingerprint density at radius 3 is 1.88 bits per heavy atom. The molecule has 0 bridgehead atoms. The Morgan fingerprint density at radius 1 is 0.727 bits per heavy atom. The Bertz CT molecular complexity index is 1130. The molecule has 0 aliphatic rings. The SMILES string of the molecule is O=[N+]([O-])c1ccc(OCc2cccc(CN(Cc3ccccn3)Cc3ccccn3)n2)cc1. The van der Waals surface area contributed by atoms with Gasteiger partial charge >= 0.3 is 0 Å². The van der Waals surface area contributed by atoms with Gasteiger partial charge in [0.25, 0.3) is 5.69 Å². The Balaban J connectivity index is 1.43. The van der Waals surface area contributed by atoms with E-state index in [9.17, 15) is 10.1 Å². The van der Waals surface area contributed by atoms with Crippen molar-refractivity contribution in [1.82, 2.24) is 19.9 Å². The van der Waals surface area contributed by atoms with Gasteiger partial charge in [-0.3, -0.25) is 30.0 Å². The van der Waals surface area contributed by atoms with Gasteiger partial charge in [0.2, 0.25) is 0 Å². The van der Waals surface area contributed by atoms with Crippen LogP contribution in [0.25, 0.3) is 0 Å². The average Bonchev–Trinajstić information content (AvgIpc) is 2.84. The maximum atomic E-state index is 10.8. The smallest absolute Gasteiger partial charge is 0.269 e. The van der Waals surface area contributed by atoms with E-state index < -0.39 is 4.92 Å². The lowest BCUT2D eigenvalue weighted by molar-refractivity contribution is -0.384. The first kappa shape index (κ1) is 22.0. The summed E-state index contributed by atoms with van der Waals surface area (Å²) in [6, 6.07) is 23.6. The molecule has 0 saturated carbocycles. The van der Waals surface area contributed by atoms with Crippen molar-refractivity contribution in [3.05, 3.63) is 124 Å². The van der Waals surface area contributed by atoms with Crippen LogP contribution in [0.1, 0.15) is 22.8 Å². The molecule has 0 unspecified atom stereocenters. The highest BCUT2D eigenvalue weighted by atomic mass is 16.6. The second kappa shape index (κ2) is 10.9. The summed E-state index contributed by atoms with van der Waals surface area (Å²) in [4.78, 5) is 26.3. The van der Waals surface area contributed by atoms with Crippen molar-refractivity contribution in [2.24, 2.45) is 0 Å². The predicted octanol–water partition coefficient (Wildman–Crippen LogP) is 4.56. The third-order valence-electron chi connectivity index (χ3n) is 4.91. The number of non-ortho nitro benzene ring substituents is 1. The van der Waals surface area contributed by atoms with Crippen molar-refractivity contribution in [2.45, 2.75) is 26.2 Å². The molecular formula is C25H23N5O3. The zero-order chi connectivity index (χ0) is 22.9. The minimum Gasteiger partial charge on any atom is -0.487 e. The van der Waals surface area contributed by atoms with Crippen LogP contribution in [0.4, 0.5) is 5.69 Å². The Morgan fingerprint density at radius 2 is 1.30 bits per heavy atom. The third kappa shape index (κ3) is 6.65. The first-order valence-electron chi connectivity index (χ1n) is 10.5. The molecule has 166 valence electrons. The summed E-state index contributed by atoms with van der Waals surface area (Å²) in [5.41, 5.74) is 3.67. The summed E-state index contributed by atoms with van der Waals surface area (Å²) in [7, 11) is 0. The minimum atomic E-state index is -0.434. The summed E-state index contributed by atoms with van der Waals surface area (Å²) in [5, 5.41) is 10.8. The first-order valence-corrected chi connectivity index (χ1v) is 10.5. The summed E-state index contributed by atoms with van der Waals surface area (Å²) < 4.78 is 5.76. The fourth-order valence-corrected chi connectivity index (χ4v) is 3.36. The van der Waals surface area contributed by atoms with E-state index in [0.29, 0.717) is 25.4 Å². The van der Waals surface area contributed by atoms with Gasteiger partial charge in [0.05, 0.1) is 27.7 Å². The zero-order valence-electron chi connectivity index (χ0n) is 17.9. The normalized spacial score (nSPS) is 10.8. The molecule has 0 aliphatic heterocycles. The van der Waals surface area contributed by atoms with Gasteiger partial charge in [0, 0.05) is 44.2 Å². The lowest BCUT2D eigenvalue weighted by atomic mass is 10.2. The maximum absolute atomic E-state index is 10.8. The third-order valence-corrected chi connectivity index (χ3v) is 4.91. The highest BCUT2D eigenvalue weighted by Gasteiger charge is 2.11. The molecule has 3 aromatic heterocycles. The lowest BCUT2D eigenvalue weighted by Crippen LogP contribution is -2.24. The van der Waals surface area contributed by atoms with Gasteiger partial charge in [-0.25, -0.2) is 0 Å². The second-order valence-electron chi connectivity index (χ2n) is 7.45. The van der Waals surface area contributed by atoms with Gasteiger partial charge in [-0.15, -0.1) is 0 Å². The fraction of sp³-hybridized carbons (Fsp3) is 0.160. The van der Waals surface area contributed by atoms with Crippen LogP contribution in [0, 0.1) is 10.1 Å². The number of aromatic nitrogens is 3. The number of hydrogen-bond acceptors (Lipinski definition) is 7. The lowest BCUT2D eigenvalue weighted by Gasteiger charge is -2.21. The standard InChI is InChI=1S/C25H23N5O3/c31-30(32)24-10-12-25(13-11-24)33-19-23-9-5-8-22(28-23)18-29(16-20-6-1-3-14-26-20)17-21-7-2-4-15-27-21/h1-15H,16-19H2. The van der Waals surface area contributed by atoms with Crippen LogP contribution in [-0.4, -0.2) is 24.8 Å². The monoisotopic (exact) mass is 441 g/mol. The Labute approximate surface area is 191 Å². The molecule has 0 saturated heterocycles. The zero-order valence-corrected chi connectivity index (χ0v) is 17.9. The van der Waals surface area contributed by atoms with Crippen molar-refractivity contribution >= 4 is 5.69 Å². The number of hydrogen-bond donors (Lipinski definition) is 0. The van der Waals surface area contributed by atoms with E-state index in [4.69, 9.17) is 9.72 Å². The molecule has 0 spiro atoms. The predicted molar refractivity (Wildman–Crippen MR) is 123 cm³/mol. The van der Waals surface area contributed by atoms with E-state index in [0.717, 1.165) is 22.8 Å². The Kier molecular flexibility index (Phi) is 7.29. The van der Waals surface area contributed by atoms with Gasteiger partial charge in [-0.2, -0.15) is 0 Å². The second-order valence-corrected chi connectivity index (χ2v) is 7.45. The van der Waals surface area contributed by atoms with Crippen LogP contribution in [0.15, 0.2) is 91.3 Å². The molecule has 0 N–H and O–H groups in total. The van der Waals surface area contributed by atoms with E-state index in [1.54, 1.807) is 24.5 Å². The van der Waals surface area contributed by atoms with E-state index in [-0.39, 0.29) is 12.3 Å². The topological polar surface area (TPSA) is 94.3 Å². The van der Waals surface area contributed by atoms with Gasteiger partial charge in [-0.05, 0) is 48.5 Å². The van der Waals surface area contributed by atoms with Crippen LogP contribution in [-0.2, 0) is 26.2 Å². The number of rotatable bonds is 10. The van der Waals surface area contributed by atoms with Crippen molar-refractivity contribution < 1.29 is 9.66 Å². The minimum absolute atomic E-state index is 0.0309. The van der Waals surface area contributed by atoms with Crippen LogP contribution in [0.3, 0.4) is 0 Å². The van der Waals surface area contributed by atoms with Gasteiger partial charge in [-0.1, -0.05) is 18.2 Å². The number of nitro groups is 1. The van der Waals surface area contributed by atoms with E-state index >= 15 is 0 Å². The average molecular weight is 441 g/mol. The molecule has 4 aromatic rings. The van der Waals surface area contributed by atoms with Gasteiger partial charge in [0.15, 0.2) is 0 Å².